The molecule has 3 fully saturated rings. The van der Waals surface area contributed by atoms with Gasteiger partial charge >= 0.3 is 5.97 Å². The molecule has 2 saturated carbocycles. The molecule has 1 saturated heterocycles. The standard InChI is InChI=1S/C18H29NO3/c20-17-8-2-1-5-11-19(17)13-18(21)22-16-10-9-14-6-3-4-7-15(14)12-16/h14-16H,1-13H2/t14-,15-,16+/m0/s1. The molecule has 3 aliphatic rings. The van der Waals surface area contributed by atoms with Crippen LogP contribution in [0.2, 0.25) is 0 Å². The van der Waals surface area contributed by atoms with Gasteiger partial charge in [-0.2, -0.15) is 0 Å². The molecule has 0 radical (unpaired) electrons. The van der Waals surface area contributed by atoms with E-state index in [0.29, 0.717) is 13.0 Å². The van der Waals surface area contributed by atoms with Crippen molar-refractivity contribution in [1.82, 2.24) is 4.90 Å². The number of amides is 1. The van der Waals surface area contributed by atoms with Crippen molar-refractivity contribution in [1.29, 1.82) is 0 Å². The van der Waals surface area contributed by atoms with Crippen LogP contribution >= 0.6 is 0 Å². The van der Waals surface area contributed by atoms with E-state index < -0.39 is 0 Å². The molecule has 0 aromatic rings. The second kappa shape index (κ2) is 7.47. The van der Waals surface area contributed by atoms with Crippen LogP contribution in [0.5, 0.6) is 0 Å². The number of likely N-dealkylation sites (tertiary alicyclic amines) is 1. The highest BCUT2D eigenvalue weighted by atomic mass is 16.5. The zero-order chi connectivity index (χ0) is 15.4. The zero-order valence-electron chi connectivity index (χ0n) is 13.6. The maximum absolute atomic E-state index is 12.2. The van der Waals surface area contributed by atoms with Crippen LogP contribution in [0.15, 0.2) is 0 Å². The number of hydrogen-bond donors (Lipinski definition) is 0. The Bertz CT molecular complexity index is 409. The number of carbonyl (C=O) groups excluding carboxylic acids is 2. The van der Waals surface area contributed by atoms with Gasteiger partial charge in [-0.15, -0.1) is 0 Å². The Kier molecular flexibility index (Phi) is 5.37. The third-order valence-corrected chi connectivity index (χ3v) is 5.78. The molecule has 4 heteroatoms. The molecule has 0 unspecified atom stereocenters. The van der Waals surface area contributed by atoms with Crippen molar-refractivity contribution in [2.24, 2.45) is 11.8 Å². The number of fused-ring (bicyclic) bond motifs is 1. The van der Waals surface area contributed by atoms with Gasteiger partial charge in [0.05, 0.1) is 0 Å². The summed E-state index contributed by atoms with van der Waals surface area (Å²) in [4.78, 5) is 25.8. The quantitative estimate of drug-likeness (QED) is 0.752. The Morgan fingerprint density at radius 3 is 2.68 bits per heavy atom. The molecule has 1 aliphatic heterocycles. The number of carbonyl (C=O) groups is 2. The first-order valence-corrected chi connectivity index (χ1v) is 9.19. The maximum atomic E-state index is 12.2. The molecule has 0 spiro atoms. The maximum Gasteiger partial charge on any atom is 0.325 e. The van der Waals surface area contributed by atoms with Gasteiger partial charge in [-0.05, 0) is 43.9 Å². The van der Waals surface area contributed by atoms with E-state index in [1.807, 2.05) is 0 Å². The lowest BCUT2D eigenvalue weighted by Gasteiger charge is -2.39. The van der Waals surface area contributed by atoms with Crippen molar-refractivity contribution in [3.05, 3.63) is 0 Å². The largest absolute Gasteiger partial charge is 0.461 e. The van der Waals surface area contributed by atoms with E-state index in [-0.39, 0.29) is 24.5 Å². The van der Waals surface area contributed by atoms with Crippen LogP contribution in [0.4, 0.5) is 0 Å². The summed E-state index contributed by atoms with van der Waals surface area (Å²) in [6.45, 7) is 0.868. The molecular weight excluding hydrogens is 278 g/mol. The first-order chi connectivity index (χ1) is 10.7. The predicted octanol–water partition coefficient (Wildman–Crippen LogP) is 3.29. The summed E-state index contributed by atoms with van der Waals surface area (Å²) in [7, 11) is 0. The summed E-state index contributed by atoms with van der Waals surface area (Å²) < 4.78 is 5.70. The van der Waals surface area contributed by atoms with E-state index in [9.17, 15) is 9.59 Å². The number of nitrogens with zero attached hydrogens (tertiary/aromatic N) is 1. The summed E-state index contributed by atoms with van der Waals surface area (Å²) in [5.41, 5.74) is 0. The molecule has 1 amide bonds. The summed E-state index contributed by atoms with van der Waals surface area (Å²) in [5.74, 6) is 1.55. The van der Waals surface area contributed by atoms with Crippen LogP contribution in [0.1, 0.15) is 70.6 Å². The van der Waals surface area contributed by atoms with Gasteiger partial charge in [0.1, 0.15) is 12.6 Å². The molecule has 1 heterocycles. The lowest BCUT2D eigenvalue weighted by Crippen LogP contribution is -2.39. The van der Waals surface area contributed by atoms with Gasteiger partial charge in [0.15, 0.2) is 0 Å². The monoisotopic (exact) mass is 307 g/mol. The fourth-order valence-electron chi connectivity index (χ4n) is 4.52. The van der Waals surface area contributed by atoms with Crippen molar-refractivity contribution >= 4 is 11.9 Å². The van der Waals surface area contributed by atoms with Gasteiger partial charge in [-0.1, -0.05) is 32.1 Å². The highest BCUT2D eigenvalue weighted by Crippen LogP contribution is 2.41. The van der Waals surface area contributed by atoms with Crippen LogP contribution in [-0.4, -0.2) is 36.0 Å². The van der Waals surface area contributed by atoms with Gasteiger partial charge in [0.2, 0.25) is 5.91 Å². The first kappa shape index (κ1) is 15.8. The van der Waals surface area contributed by atoms with Crippen molar-refractivity contribution < 1.29 is 14.3 Å². The van der Waals surface area contributed by atoms with Gasteiger partial charge in [0, 0.05) is 13.0 Å². The Balaban J connectivity index is 1.46. The molecule has 3 atom stereocenters. The Labute approximate surface area is 133 Å². The minimum atomic E-state index is -0.200. The normalized spacial score (nSPS) is 33.0. The second-order valence-electron chi connectivity index (χ2n) is 7.36. The van der Waals surface area contributed by atoms with Crippen LogP contribution in [-0.2, 0) is 14.3 Å². The van der Waals surface area contributed by atoms with Gasteiger partial charge < -0.3 is 9.64 Å². The van der Waals surface area contributed by atoms with Crippen LogP contribution < -0.4 is 0 Å². The molecule has 0 aromatic heterocycles. The lowest BCUT2D eigenvalue weighted by atomic mass is 9.70. The van der Waals surface area contributed by atoms with E-state index in [2.05, 4.69) is 0 Å². The van der Waals surface area contributed by atoms with Crippen molar-refractivity contribution in [2.45, 2.75) is 76.7 Å². The Morgan fingerprint density at radius 2 is 1.82 bits per heavy atom. The minimum absolute atomic E-state index is 0.0916. The van der Waals surface area contributed by atoms with E-state index in [4.69, 9.17) is 4.74 Å². The third-order valence-electron chi connectivity index (χ3n) is 5.78. The molecular formula is C18H29NO3. The van der Waals surface area contributed by atoms with Gasteiger partial charge in [0.25, 0.3) is 0 Å². The number of ether oxygens (including phenoxy) is 1. The molecule has 2 aliphatic carbocycles. The molecule has 4 nitrogen and oxygen atoms in total. The summed E-state index contributed by atoms with van der Waals surface area (Å²) in [5, 5.41) is 0. The molecule has 124 valence electrons. The SMILES string of the molecule is O=C(CN1CCCCCC1=O)O[C@@H]1CC[C@@H]2CCCC[C@H]2C1. The number of esters is 1. The fraction of sp³-hybridized carbons (Fsp3) is 0.889. The zero-order valence-corrected chi connectivity index (χ0v) is 13.6. The summed E-state index contributed by atoms with van der Waals surface area (Å²) in [6.07, 6.45) is 12.4. The highest BCUT2D eigenvalue weighted by Gasteiger charge is 2.34. The molecule has 0 aromatic carbocycles. The Morgan fingerprint density at radius 1 is 1.00 bits per heavy atom. The summed E-state index contributed by atoms with van der Waals surface area (Å²) in [6, 6.07) is 0. The average molecular weight is 307 g/mol. The van der Waals surface area contributed by atoms with Crippen molar-refractivity contribution in [3.63, 3.8) is 0 Å². The second-order valence-corrected chi connectivity index (χ2v) is 7.36. The highest BCUT2D eigenvalue weighted by molar-refractivity contribution is 5.82. The van der Waals surface area contributed by atoms with Crippen LogP contribution in [0.25, 0.3) is 0 Å². The summed E-state index contributed by atoms with van der Waals surface area (Å²) >= 11 is 0. The molecule has 0 bridgehead atoms. The predicted molar refractivity (Wildman–Crippen MR) is 84.2 cm³/mol. The van der Waals surface area contributed by atoms with E-state index in [1.165, 1.54) is 32.1 Å². The third kappa shape index (κ3) is 4.02. The average Bonchev–Trinajstić information content (AvgIpc) is 2.72. The van der Waals surface area contributed by atoms with Crippen molar-refractivity contribution in [3.8, 4) is 0 Å². The van der Waals surface area contributed by atoms with Crippen molar-refractivity contribution in [2.75, 3.05) is 13.1 Å². The van der Waals surface area contributed by atoms with E-state index in [1.54, 1.807) is 4.90 Å². The molecule has 3 rings (SSSR count). The number of hydrogen-bond acceptors (Lipinski definition) is 3. The minimum Gasteiger partial charge on any atom is -0.461 e. The van der Waals surface area contributed by atoms with Crippen LogP contribution in [0.3, 0.4) is 0 Å². The van der Waals surface area contributed by atoms with E-state index in [0.717, 1.165) is 43.9 Å². The topological polar surface area (TPSA) is 46.6 Å². The fourth-order valence-corrected chi connectivity index (χ4v) is 4.52. The first-order valence-electron chi connectivity index (χ1n) is 9.19. The van der Waals surface area contributed by atoms with Crippen LogP contribution in [0, 0.1) is 11.8 Å². The van der Waals surface area contributed by atoms with E-state index >= 15 is 0 Å². The molecule has 0 N–H and O–H groups in total. The lowest BCUT2D eigenvalue weighted by molar-refractivity contribution is -0.156. The smallest absolute Gasteiger partial charge is 0.325 e. The molecule has 22 heavy (non-hydrogen) atoms. The number of rotatable bonds is 3. The van der Waals surface area contributed by atoms with Gasteiger partial charge in [-0.25, -0.2) is 0 Å². The Hall–Kier alpha value is -1.06. The van der Waals surface area contributed by atoms with Gasteiger partial charge in [-0.3, -0.25) is 9.59 Å².